The van der Waals surface area contributed by atoms with E-state index in [1.165, 1.54) is 0 Å². The molecular weight excluding hydrogens is 278 g/mol. The Bertz CT molecular complexity index is 713. The van der Waals surface area contributed by atoms with E-state index in [4.69, 9.17) is 21.1 Å². The van der Waals surface area contributed by atoms with E-state index in [1.807, 2.05) is 17.8 Å². The zero-order valence-corrected chi connectivity index (χ0v) is 12.3. The Hall–Kier alpha value is -1.82. The molecule has 0 unspecified atom stereocenters. The first-order chi connectivity index (χ1) is 9.74. The van der Waals surface area contributed by atoms with Crippen molar-refractivity contribution in [3.05, 3.63) is 29.5 Å². The summed E-state index contributed by atoms with van der Waals surface area (Å²) in [6.45, 7) is 2.70. The average Bonchev–Trinajstić information content (AvgIpc) is 3.11. The van der Waals surface area contributed by atoms with E-state index in [-0.39, 0.29) is 0 Å². The molecule has 7 heteroatoms. The van der Waals surface area contributed by atoms with E-state index in [2.05, 4.69) is 21.7 Å². The van der Waals surface area contributed by atoms with Crippen molar-refractivity contribution >= 4 is 22.8 Å². The number of hydrogen-bond donors (Lipinski definition) is 0. The summed E-state index contributed by atoms with van der Waals surface area (Å²) in [6.07, 6.45) is 3.15. The number of aryl methyl sites for hydroxylation is 3. The van der Waals surface area contributed by atoms with Gasteiger partial charge in [-0.2, -0.15) is 5.10 Å². The minimum atomic E-state index is 0.539. The fourth-order valence-electron chi connectivity index (χ4n) is 2.45. The maximum atomic E-state index is 5.89. The fourth-order valence-corrected chi connectivity index (χ4v) is 2.62. The molecule has 6 nitrogen and oxygen atoms in total. The second-order valence-electron chi connectivity index (χ2n) is 4.64. The summed E-state index contributed by atoms with van der Waals surface area (Å²) in [7, 11) is 1.94. The molecule has 0 fully saturated rings. The molecule has 0 saturated carbocycles. The van der Waals surface area contributed by atoms with Crippen molar-refractivity contribution in [2.75, 3.05) is 5.88 Å². The van der Waals surface area contributed by atoms with Crippen LogP contribution in [0.2, 0.25) is 0 Å². The monoisotopic (exact) mass is 293 g/mol. The number of fused-ring (bicyclic) bond motifs is 1. The van der Waals surface area contributed by atoms with Crippen LogP contribution >= 0.6 is 11.6 Å². The molecule has 3 aromatic heterocycles. The standard InChI is InChI=1S/C13H16ClN5O/c1-3-10-12-13(18(2)16-10)19(11(15-12)4-6-14)8-9-5-7-20-17-9/h5,7H,3-4,6,8H2,1-2H3. The summed E-state index contributed by atoms with van der Waals surface area (Å²) in [4.78, 5) is 4.71. The van der Waals surface area contributed by atoms with Crippen molar-refractivity contribution in [1.29, 1.82) is 0 Å². The number of alkyl halides is 1. The summed E-state index contributed by atoms with van der Waals surface area (Å²) in [5.74, 6) is 1.50. The lowest BCUT2D eigenvalue weighted by Gasteiger charge is -2.06. The van der Waals surface area contributed by atoms with Gasteiger partial charge >= 0.3 is 0 Å². The van der Waals surface area contributed by atoms with Crippen molar-refractivity contribution in [3.63, 3.8) is 0 Å². The van der Waals surface area contributed by atoms with E-state index in [9.17, 15) is 0 Å². The Balaban J connectivity index is 2.15. The van der Waals surface area contributed by atoms with E-state index < -0.39 is 0 Å². The Morgan fingerprint density at radius 1 is 1.40 bits per heavy atom. The lowest BCUT2D eigenvalue weighted by atomic mass is 10.3. The van der Waals surface area contributed by atoms with Gasteiger partial charge in [0.25, 0.3) is 0 Å². The molecule has 0 aromatic carbocycles. The molecular formula is C13H16ClN5O. The third kappa shape index (κ3) is 2.10. The van der Waals surface area contributed by atoms with Crippen LogP contribution in [0.25, 0.3) is 11.2 Å². The Morgan fingerprint density at radius 2 is 2.25 bits per heavy atom. The number of rotatable bonds is 5. The van der Waals surface area contributed by atoms with Gasteiger partial charge < -0.3 is 9.09 Å². The summed E-state index contributed by atoms with van der Waals surface area (Å²) >= 11 is 5.89. The number of halogens is 1. The molecule has 0 radical (unpaired) electrons. The first-order valence-electron chi connectivity index (χ1n) is 6.60. The highest BCUT2D eigenvalue weighted by molar-refractivity contribution is 6.17. The molecule has 0 amide bonds. The molecule has 3 rings (SSSR count). The minimum absolute atomic E-state index is 0.539. The third-order valence-corrected chi connectivity index (χ3v) is 3.52. The minimum Gasteiger partial charge on any atom is -0.364 e. The fraction of sp³-hybridized carbons (Fsp3) is 0.462. The predicted octanol–water partition coefficient (Wildman–Crippen LogP) is 2.15. The van der Waals surface area contributed by atoms with Crippen LogP contribution in [0.1, 0.15) is 24.1 Å². The van der Waals surface area contributed by atoms with Crippen molar-refractivity contribution < 1.29 is 4.52 Å². The summed E-state index contributed by atoms with van der Waals surface area (Å²) in [5, 5.41) is 8.49. The Morgan fingerprint density at radius 3 is 2.90 bits per heavy atom. The Kier molecular flexibility index (Phi) is 3.48. The van der Waals surface area contributed by atoms with Gasteiger partial charge in [0.15, 0.2) is 5.65 Å². The van der Waals surface area contributed by atoms with Gasteiger partial charge in [-0.3, -0.25) is 4.68 Å². The molecule has 0 aliphatic rings. The average molecular weight is 294 g/mol. The zero-order valence-electron chi connectivity index (χ0n) is 11.5. The highest BCUT2D eigenvalue weighted by Crippen LogP contribution is 2.21. The van der Waals surface area contributed by atoms with Gasteiger partial charge in [-0.25, -0.2) is 4.98 Å². The van der Waals surface area contributed by atoms with Gasteiger partial charge in [-0.1, -0.05) is 12.1 Å². The van der Waals surface area contributed by atoms with Crippen LogP contribution in [-0.2, 0) is 26.4 Å². The highest BCUT2D eigenvalue weighted by atomic mass is 35.5. The van der Waals surface area contributed by atoms with Crippen LogP contribution in [0.4, 0.5) is 0 Å². The maximum absolute atomic E-state index is 5.89. The molecule has 106 valence electrons. The molecule has 0 atom stereocenters. The van der Waals surface area contributed by atoms with E-state index in [0.717, 1.165) is 41.2 Å². The van der Waals surface area contributed by atoms with Crippen molar-refractivity contribution in [1.82, 2.24) is 24.5 Å². The van der Waals surface area contributed by atoms with Gasteiger partial charge in [0.2, 0.25) is 0 Å². The molecule has 0 saturated heterocycles. The van der Waals surface area contributed by atoms with Crippen LogP contribution in [0.15, 0.2) is 16.9 Å². The molecule has 20 heavy (non-hydrogen) atoms. The normalized spacial score (nSPS) is 11.6. The van der Waals surface area contributed by atoms with Crippen LogP contribution in [0, 0.1) is 0 Å². The topological polar surface area (TPSA) is 61.7 Å². The number of nitrogens with zero attached hydrogens (tertiary/aromatic N) is 5. The van der Waals surface area contributed by atoms with Gasteiger partial charge in [0.05, 0.1) is 12.2 Å². The lowest BCUT2D eigenvalue weighted by Crippen LogP contribution is -2.09. The van der Waals surface area contributed by atoms with Gasteiger partial charge in [0, 0.05) is 25.4 Å². The molecule has 0 aliphatic heterocycles. The number of aromatic nitrogens is 5. The summed E-state index contributed by atoms with van der Waals surface area (Å²) in [6, 6.07) is 1.85. The highest BCUT2D eigenvalue weighted by Gasteiger charge is 2.18. The molecule has 0 bridgehead atoms. The van der Waals surface area contributed by atoms with Crippen LogP contribution < -0.4 is 0 Å². The largest absolute Gasteiger partial charge is 0.364 e. The first kappa shape index (κ1) is 13.2. The SMILES string of the molecule is CCc1nn(C)c2c1nc(CCCl)n2Cc1ccon1. The predicted molar refractivity (Wildman–Crippen MR) is 75.9 cm³/mol. The number of imidazole rings is 1. The second kappa shape index (κ2) is 5.28. The Labute approximate surface area is 121 Å². The molecule has 0 N–H and O–H groups in total. The van der Waals surface area contributed by atoms with Gasteiger partial charge in [-0.05, 0) is 6.42 Å². The van der Waals surface area contributed by atoms with Crippen LogP contribution in [0.5, 0.6) is 0 Å². The zero-order chi connectivity index (χ0) is 14.1. The molecule has 0 spiro atoms. The van der Waals surface area contributed by atoms with Crippen molar-refractivity contribution in [3.8, 4) is 0 Å². The van der Waals surface area contributed by atoms with Crippen molar-refractivity contribution in [2.45, 2.75) is 26.3 Å². The third-order valence-electron chi connectivity index (χ3n) is 3.33. The molecule has 3 heterocycles. The lowest BCUT2D eigenvalue weighted by molar-refractivity contribution is 0.409. The summed E-state index contributed by atoms with van der Waals surface area (Å²) < 4.78 is 8.89. The van der Waals surface area contributed by atoms with Gasteiger partial charge in [0.1, 0.15) is 23.3 Å². The van der Waals surface area contributed by atoms with E-state index in [0.29, 0.717) is 12.4 Å². The maximum Gasteiger partial charge on any atom is 0.159 e. The second-order valence-corrected chi connectivity index (χ2v) is 5.02. The van der Waals surface area contributed by atoms with Crippen LogP contribution in [-0.4, -0.2) is 30.4 Å². The smallest absolute Gasteiger partial charge is 0.159 e. The number of hydrogen-bond acceptors (Lipinski definition) is 4. The van der Waals surface area contributed by atoms with E-state index >= 15 is 0 Å². The molecule has 3 aromatic rings. The van der Waals surface area contributed by atoms with Crippen molar-refractivity contribution in [2.24, 2.45) is 7.05 Å². The quantitative estimate of drug-likeness (QED) is 0.676. The summed E-state index contributed by atoms with van der Waals surface area (Å²) in [5.41, 5.74) is 3.83. The molecule has 0 aliphatic carbocycles. The first-order valence-corrected chi connectivity index (χ1v) is 7.14. The van der Waals surface area contributed by atoms with Crippen LogP contribution in [0.3, 0.4) is 0 Å². The van der Waals surface area contributed by atoms with E-state index in [1.54, 1.807) is 6.26 Å². The van der Waals surface area contributed by atoms with Gasteiger partial charge in [-0.15, -0.1) is 11.6 Å².